The Labute approximate surface area is 124 Å². The van der Waals surface area contributed by atoms with Gasteiger partial charge < -0.3 is 4.74 Å². The molecule has 0 bridgehead atoms. The number of aryl methyl sites for hydroxylation is 1. The quantitative estimate of drug-likeness (QED) is 0.823. The number of nitrogens with zero attached hydrogens (tertiary/aromatic N) is 3. The summed E-state index contributed by atoms with van der Waals surface area (Å²) in [5.74, 6) is 0. The van der Waals surface area contributed by atoms with E-state index < -0.39 is 16.1 Å². The van der Waals surface area contributed by atoms with E-state index in [1.807, 2.05) is 6.92 Å². The van der Waals surface area contributed by atoms with Gasteiger partial charge in [-0.15, -0.1) is 0 Å². The summed E-state index contributed by atoms with van der Waals surface area (Å²) in [5, 5.41) is 4.10. The number of pyridine rings is 1. The van der Waals surface area contributed by atoms with Crippen LogP contribution in [0.15, 0.2) is 41.7 Å². The van der Waals surface area contributed by atoms with E-state index in [9.17, 15) is 8.42 Å². The molecule has 0 radical (unpaired) electrons. The Morgan fingerprint density at radius 2 is 2.14 bits per heavy atom. The molecule has 21 heavy (non-hydrogen) atoms. The summed E-state index contributed by atoms with van der Waals surface area (Å²) in [5.41, 5.74) is 0.602. The minimum Gasteiger partial charge on any atom is -0.383 e. The molecule has 8 heteroatoms. The third-order valence-electron chi connectivity index (χ3n) is 2.93. The van der Waals surface area contributed by atoms with E-state index in [1.54, 1.807) is 24.4 Å². The van der Waals surface area contributed by atoms with E-state index in [4.69, 9.17) is 4.74 Å². The molecule has 0 saturated heterocycles. The number of aromatic nitrogens is 3. The van der Waals surface area contributed by atoms with Crippen LogP contribution in [0.3, 0.4) is 0 Å². The van der Waals surface area contributed by atoms with Gasteiger partial charge in [-0.05, 0) is 25.1 Å². The molecule has 0 unspecified atom stereocenters. The molecule has 0 fully saturated rings. The lowest BCUT2D eigenvalue weighted by molar-refractivity contribution is 0.174. The van der Waals surface area contributed by atoms with Gasteiger partial charge in [0.2, 0.25) is 0 Å². The first-order chi connectivity index (χ1) is 10.1. The highest BCUT2D eigenvalue weighted by atomic mass is 32.2. The van der Waals surface area contributed by atoms with Gasteiger partial charge in [0, 0.05) is 19.9 Å². The molecule has 2 rings (SSSR count). The number of nitrogens with one attached hydrogen (secondary N) is 1. The molecular formula is C13H18N4O3S. The molecule has 0 saturated carbocycles. The van der Waals surface area contributed by atoms with Crippen molar-refractivity contribution < 1.29 is 13.2 Å². The second-order valence-corrected chi connectivity index (χ2v) is 6.03. The van der Waals surface area contributed by atoms with E-state index in [0.29, 0.717) is 12.2 Å². The largest absolute Gasteiger partial charge is 0.383 e. The van der Waals surface area contributed by atoms with Crippen LogP contribution < -0.4 is 4.72 Å². The van der Waals surface area contributed by atoms with Crippen molar-refractivity contribution in [2.45, 2.75) is 24.5 Å². The molecule has 1 N–H and O–H groups in total. The van der Waals surface area contributed by atoms with Gasteiger partial charge in [0.05, 0.1) is 24.5 Å². The zero-order chi connectivity index (χ0) is 15.3. The lowest BCUT2D eigenvalue weighted by Crippen LogP contribution is -2.33. The Balaban J connectivity index is 2.28. The molecule has 114 valence electrons. The smallest absolute Gasteiger partial charge is 0.258 e. The Kier molecular flexibility index (Phi) is 5.05. The van der Waals surface area contributed by atoms with Crippen LogP contribution in [0.2, 0.25) is 0 Å². The lowest BCUT2D eigenvalue weighted by Gasteiger charge is -2.17. The van der Waals surface area contributed by atoms with Gasteiger partial charge in [0.15, 0.2) is 5.03 Å². The summed E-state index contributed by atoms with van der Waals surface area (Å²) in [6.45, 7) is 2.50. The van der Waals surface area contributed by atoms with Crippen LogP contribution in [-0.4, -0.2) is 36.9 Å². The number of methoxy groups -OCH3 is 1. The first-order valence-corrected chi connectivity index (χ1v) is 8.00. The molecule has 0 aliphatic heterocycles. The Morgan fingerprint density at radius 1 is 1.33 bits per heavy atom. The van der Waals surface area contributed by atoms with Crippen molar-refractivity contribution in [3.63, 3.8) is 0 Å². The zero-order valence-electron chi connectivity index (χ0n) is 11.9. The summed E-state index contributed by atoms with van der Waals surface area (Å²) in [7, 11) is -2.18. The van der Waals surface area contributed by atoms with Crippen molar-refractivity contribution in [1.29, 1.82) is 0 Å². The average molecular weight is 310 g/mol. The van der Waals surface area contributed by atoms with Crippen LogP contribution in [-0.2, 0) is 21.3 Å². The molecule has 2 aromatic heterocycles. The maximum atomic E-state index is 12.5. The number of rotatable bonds is 7. The molecule has 0 aromatic carbocycles. The van der Waals surface area contributed by atoms with Crippen molar-refractivity contribution in [1.82, 2.24) is 19.5 Å². The lowest BCUT2D eigenvalue weighted by atomic mass is 10.2. The van der Waals surface area contributed by atoms with Gasteiger partial charge >= 0.3 is 0 Å². The normalized spacial score (nSPS) is 13.2. The van der Waals surface area contributed by atoms with E-state index in [0.717, 1.165) is 0 Å². The fourth-order valence-corrected chi connectivity index (χ4v) is 3.34. The molecule has 7 nitrogen and oxygen atoms in total. The molecule has 0 amide bonds. The van der Waals surface area contributed by atoms with Gasteiger partial charge in [-0.1, -0.05) is 6.07 Å². The van der Waals surface area contributed by atoms with Crippen molar-refractivity contribution in [2.75, 3.05) is 13.7 Å². The van der Waals surface area contributed by atoms with E-state index in [-0.39, 0.29) is 11.6 Å². The highest BCUT2D eigenvalue weighted by molar-refractivity contribution is 7.89. The summed E-state index contributed by atoms with van der Waals surface area (Å²) >= 11 is 0. The Morgan fingerprint density at radius 3 is 2.76 bits per heavy atom. The molecule has 2 aromatic rings. The topological polar surface area (TPSA) is 86.1 Å². The second-order valence-electron chi connectivity index (χ2n) is 4.37. The van der Waals surface area contributed by atoms with Gasteiger partial charge in [-0.25, -0.2) is 8.42 Å². The molecule has 0 spiro atoms. The van der Waals surface area contributed by atoms with E-state index in [1.165, 1.54) is 24.1 Å². The maximum absolute atomic E-state index is 12.5. The van der Waals surface area contributed by atoms with Crippen LogP contribution in [0, 0.1) is 0 Å². The fraction of sp³-hybridized carbons (Fsp3) is 0.385. The molecule has 2 heterocycles. The number of hydrogen-bond acceptors (Lipinski definition) is 5. The minimum absolute atomic E-state index is 0.127. The van der Waals surface area contributed by atoms with Gasteiger partial charge in [-0.3, -0.25) is 9.67 Å². The van der Waals surface area contributed by atoms with Crippen LogP contribution in [0.25, 0.3) is 0 Å². The minimum atomic E-state index is -3.70. The average Bonchev–Trinajstić information content (AvgIpc) is 2.97. The predicted octanol–water partition coefficient (Wildman–Crippen LogP) is 0.964. The number of sulfonamides is 1. The third kappa shape index (κ3) is 3.66. The molecular weight excluding hydrogens is 292 g/mol. The molecule has 0 aliphatic rings. The van der Waals surface area contributed by atoms with Gasteiger partial charge in [0.25, 0.3) is 10.0 Å². The van der Waals surface area contributed by atoms with Crippen LogP contribution in [0.5, 0.6) is 0 Å². The van der Waals surface area contributed by atoms with Crippen LogP contribution >= 0.6 is 0 Å². The number of hydrogen-bond donors (Lipinski definition) is 1. The van der Waals surface area contributed by atoms with E-state index in [2.05, 4.69) is 14.8 Å². The van der Waals surface area contributed by atoms with Crippen LogP contribution in [0.4, 0.5) is 0 Å². The van der Waals surface area contributed by atoms with E-state index >= 15 is 0 Å². The highest BCUT2D eigenvalue weighted by Gasteiger charge is 2.25. The first-order valence-electron chi connectivity index (χ1n) is 6.52. The monoisotopic (exact) mass is 310 g/mol. The number of ether oxygens (including phenoxy) is 1. The predicted molar refractivity (Wildman–Crippen MR) is 77.1 cm³/mol. The summed E-state index contributed by atoms with van der Waals surface area (Å²) in [6.07, 6.45) is 3.08. The SMILES string of the molecule is CCn1nccc1S(=O)(=O)N[C@H](COC)c1ccccn1. The Bertz CT molecular complexity index is 670. The first kappa shape index (κ1) is 15.6. The summed E-state index contributed by atoms with van der Waals surface area (Å²) < 4.78 is 34.1. The molecule has 1 atom stereocenters. The third-order valence-corrected chi connectivity index (χ3v) is 4.42. The fourth-order valence-electron chi connectivity index (χ4n) is 1.96. The van der Waals surface area contributed by atoms with Crippen molar-refractivity contribution in [3.8, 4) is 0 Å². The van der Waals surface area contributed by atoms with Crippen molar-refractivity contribution in [2.24, 2.45) is 0 Å². The highest BCUT2D eigenvalue weighted by Crippen LogP contribution is 2.15. The second kappa shape index (κ2) is 6.79. The Hall–Kier alpha value is -1.77. The van der Waals surface area contributed by atoms with Crippen molar-refractivity contribution in [3.05, 3.63) is 42.4 Å². The maximum Gasteiger partial charge on any atom is 0.258 e. The zero-order valence-corrected chi connectivity index (χ0v) is 12.7. The van der Waals surface area contributed by atoms with Crippen LogP contribution in [0.1, 0.15) is 18.7 Å². The van der Waals surface area contributed by atoms with Crippen molar-refractivity contribution >= 4 is 10.0 Å². The standard InChI is InChI=1S/C13H18N4O3S/c1-3-17-13(7-9-15-17)21(18,19)16-12(10-20-2)11-6-4-5-8-14-11/h4-9,12,16H,3,10H2,1-2H3/t12-/m1/s1. The van der Waals surface area contributed by atoms with Gasteiger partial charge in [-0.2, -0.15) is 9.82 Å². The molecule has 0 aliphatic carbocycles. The summed E-state index contributed by atoms with van der Waals surface area (Å²) in [4.78, 5) is 4.18. The summed E-state index contributed by atoms with van der Waals surface area (Å²) in [6, 6.07) is 6.24. The van der Waals surface area contributed by atoms with Gasteiger partial charge in [0.1, 0.15) is 0 Å².